The van der Waals surface area contributed by atoms with Crippen LogP contribution in [0.15, 0.2) is 18.2 Å². The Morgan fingerprint density at radius 1 is 1.47 bits per heavy atom. The normalized spacial score (nSPS) is 11.7. The van der Waals surface area contributed by atoms with Gasteiger partial charge in [-0.25, -0.2) is 4.98 Å². The average Bonchev–Trinajstić information content (AvgIpc) is 2.78. The number of imidazole rings is 1. The van der Waals surface area contributed by atoms with Crippen LogP contribution in [0.25, 0.3) is 11.0 Å². The maximum absolute atomic E-state index is 10.4. The predicted octanol–water partition coefficient (Wildman–Crippen LogP) is 1.73. The molecule has 0 atom stereocenters. The number of hydrogen-bond donors (Lipinski definition) is 2. The van der Waals surface area contributed by atoms with Crippen LogP contribution in [-0.4, -0.2) is 30.0 Å². The zero-order chi connectivity index (χ0) is 13.9. The first-order valence-corrected chi connectivity index (χ1v) is 6.22. The average molecular weight is 261 g/mol. The summed E-state index contributed by atoms with van der Waals surface area (Å²) in [4.78, 5) is 18.1. The number of methoxy groups -OCH3 is 1. The molecule has 1 heterocycles. The van der Waals surface area contributed by atoms with E-state index in [-0.39, 0.29) is 5.41 Å². The highest BCUT2D eigenvalue weighted by molar-refractivity contribution is 5.76. The molecule has 5 nitrogen and oxygen atoms in total. The molecule has 1 amide bonds. The van der Waals surface area contributed by atoms with E-state index in [0.29, 0.717) is 13.2 Å². The molecule has 1 aromatic carbocycles. The standard InChI is InChI=1S/C14H19N3O2/c1-14(2,8-15-9-18)10-4-5-11-12(6-10)17-13(16-11)7-19-3/h4-6,9H,7-8H2,1-3H3,(H,15,18)(H,16,17). The lowest BCUT2D eigenvalue weighted by Gasteiger charge is -2.24. The molecule has 19 heavy (non-hydrogen) atoms. The molecule has 0 aliphatic carbocycles. The Balaban J connectivity index is 2.32. The Labute approximate surface area is 112 Å². The Morgan fingerprint density at radius 2 is 2.26 bits per heavy atom. The quantitative estimate of drug-likeness (QED) is 0.778. The van der Waals surface area contributed by atoms with Crippen LogP contribution in [0.3, 0.4) is 0 Å². The van der Waals surface area contributed by atoms with Crippen molar-refractivity contribution in [1.29, 1.82) is 0 Å². The summed E-state index contributed by atoms with van der Waals surface area (Å²) < 4.78 is 5.07. The number of nitrogens with one attached hydrogen (secondary N) is 2. The smallest absolute Gasteiger partial charge is 0.207 e. The molecule has 1 aromatic heterocycles. The molecule has 0 aliphatic rings. The zero-order valence-corrected chi connectivity index (χ0v) is 11.5. The number of H-pyrrole nitrogens is 1. The maximum atomic E-state index is 10.4. The first-order chi connectivity index (χ1) is 9.06. The summed E-state index contributed by atoms with van der Waals surface area (Å²) in [6, 6.07) is 6.11. The Kier molecular flexibility index (Phi) is 3.85. The number of carbonyl (C=O) groups excluding carboxylic acids is 1. The second kappa shape index (κ2) is 5.40. The summed E-state index contributed by atoms with van der Waals surface area (Å²) in [7, 11) is 1.65. The number of amides is 1. The van der Waals surface area contributed by atoms with E-state index in [2.05, 4.69) is 35.2 Å². The van der Waals surface area contributed by atoms with Gasteiger partial charge in [0.15, 0.2) is 0 Å². The van der Waals surface area contributed by atoms with Crippen molar-refractivity contribution in [3.8, 4) is 0 Å². The molecule has 0 aliphatic heterocycles. The van der Waals surface area contributed by atoms with Gasteiger partial charge in [0.2, 0.25) is 6.41 Å². The topological polar surface area (TPSA) is 67.0 Å². The molecule has 0 saturated carbocycles. The van der Waals surface area contributed by atoms with Crippen molar-refractivity contribution < 1.29 is 9.53 Å². The second-order valence-electron chi connectivity index (χ2n) is 5.23. The third kappa shape index (κ3) is 2.93. The highest BCUT2D eigenvalue weighted by Crippen LogP contribution is 2.25. The van der Waals surface area contributed by atoms with Crippen LogP contribution in [0, 0.1) is 0 Å². The van der Waals surface area contributed by atoms with Crippen molar-refractivity contribution in [2.75, 3.05) is 13.7 Å². The molecule has 2 aromatic rings. The maximum Gasteiger partial charge on any atom is 0.207 e. The monoisotopic (exact) mass is 261 g/mol. The molecular formula is C14H19N3O2. The molecule has 0 fully saturated rings. The highest BCUT2D eigenvalue weighted by Gasteiger charge is 2.20. The van der Waals surface area contributed by atoms with Gasteiger partial charge in [-0.1, -0.05) is 19.9 Å². The van der Waals surface area contributed by atoms with Gasteiger partial charge >= 0.3 is 0 Å². The molecule has 0 spiro atoms. The molecule has 0 radical (unpaired) electrons. The summed E-state index contributed by atoms with van der Waals surface area (Å²) in [6.07, 6.45) is 0.729. The van der Waals surface area contributed by atoms with Crippen LogP contribution in [-0.2, 0) is 21.6 Å². The minimum atomic E-state index is -0.123. The minimum Gasteiger partial charge on any atom is -0.377 e. The van der Waals surface area contributed by atoms with Crippen molar-refractivity contribution in [3.05, 3.63) is 29.6 Å². The van der Waals surface area contributed by atoms with E-state index in [0.717, 1.165) is 28.8 Å². The number of hydrogen-bond acceptors (Lipinski definition) is 3. The van der Waals surface area contributed by atoms with Crippen molar-refractivity contribution in [3.63, 3.8) is 0 Å². The van der Waals surface area contributed by atoms with Crippen LogP contribution in [0.2, 0.25) is 0 Å². The van der Waals surface area contributed by atoms with Gasteiger partial charge in [0.25, 0.3) is 0 Å². The summed E-state index contributed by atoms with van der Waals surface area (Å²) in [5, 5.41) is 2.73. The van der Waals surface area contributed by atoms with E-state index < -0.39 is 0 Å². The molecule has 0 saturated heterocycles. The number of ether oxygens (including phenoxy) is 1. The third-order valence-electron chi connectivity index (χ3n) is 3.22. The molecular weight excluding hydrogens is 242 g/mol. The first kappa shape index (κ1) is 13.5. The first-order valence-electron chi connectivity index (χ1n) is 6.22. The van der Waals surface area contributed by atoms with Crippen LogP contribution < -0.4 is 5.32 Å². The fourth-order valence-corrected chi connectivity index (χ4v) is 2.09. The number of nitrogens with zero attached hydrogens (tertiary/aromatic N) is 1. The fraction of sp³-hybridized carbons (Fsp3) is 0.429. The summed E-state index contributed by atoms with van der Waals surface area (Å²) in [6.45, 7) is 5.26. The van der Waals surface area contributed by atoms with Gasteiger partial charge in [-0.15, -0.1) is 0 Å². The Hall–Kier alpha value is -1.88. The number of fused-ring (bicyclic) bond motifs is 1. The second-order valence-corrected chi connectivity index (χ2v) is 5.23. The van der Waals surface area contributed by atoms with Crippen molar-refractivity contribution in [2.45, 2.75) is 25.9 Å². The number of carbonyl (C=O) groups is 1. The Bertz CT molecular complexity index is 575. The van der Waals surface area contributed by atoms with Crippen molar-refractivity contribution in [2.24, 2.45) is 0 Å². The van der Waals surface area contributed by atoms with Crippen molar-refractivity contribution >= 4 is 17.4 Å². The van der Waals surface area contributed by atoms with E-state index in [4.69, 9.17) is 4.74 Å². The largest absolute Gasteiger partial charge is 0.377 e. The molecule has 2 rings (SSSR count). The highest BCUT2D eigenvalue weighted by atomic mass is 16.5. The number of benzene rings is 1. The van der Waals surface area contributed by atoms with Gasteiger partial charge in [0.1, 0.15) is 12.4 Å². The molecule has 0 bridgehead atoms. The fourth-order valence-electron chi connectivity index (χ4n) is 2.09. The molecule has 5 heteroatoms. The van der Waals surface area contributed by atoms with Crippen LogP contribution >= 0.6 is 0 Å². The third-order valence-corrected chi connectivity index (χ3v) is 3.22. The van der Waals surface area contributed by atoms with E-state index >= 15 is 0 Å². The lowest BCUT2D eigenvalue weighted by Crippen LogP contribution is -2.32. The van der Waals surface area contributed by atoms with Crippen molar-refractivity contribution in [1.82, 2.24) is 15.3 Å². The summed E-state index contributed by atoms with van der Waals surface area (Å²) in [5.41, 5.74) is 2.95. The predicted molar refractivity (Wildman–Crippen MR) is 73.9 cm³/mol. The number of aromatic nitrogens is 2. The van der Waals surface area contributed by atoms with Gasteiger partial charge in [-0.3, -0.25) is 4.79 Å². The van der Waals surface area contributed by atoms with Gasteiger partial charge in [-0.2, -0.15) is 0 Å². The zero-order valence-electron chi connectivity index (χ0n) is 11.5. The van der Waals surface area contributed by atoms with E-state index in [9.17, 15) is 4.79 Å². The Morgan fingerprint density at radius 3 is 2.95 bits per heavy atom. The van der Waals surface area contributed by atoms with Gasteiger partial charge in [0, 0.05) is 19.1 Å². The van der Waals surface area contributed by atoms with Crippen LogP contribution in [0.1, 0.15) is 25.2 Å². The van der Waals surface area contributed by atoms with Gasteiger partial charge < -0.3 is 15.0 Å². The lowest BCUT2D eigenvalue weighted by atomic mass is 9.84. The van der Waals surface area contributed by atoms with Crippen LogP contribution in [0.5, 0.6) is 0 Å². The van der Waals surface area contributed by atoms with E-state index in [1.54, 1.807) is 7.11 Å². The molecule has 102 valence electrons. The number of rotatable bonds is 6. The van der Waals surface area contributed by atoms with Gasteiger partial charge in [-0.05, 0) is 17.7 Å². The summed E-state index contributed by atoms with van der Waals surface area (Å²) in [5.74, 6) is 0.818. The SMILES string of the molecule is COCc1nc2ccc(C(C)(C)CNC=O)cc2[nH]1. The lowest BCUT2D eigenvalue weighted by molar-refractivity contribution is -0.109. The summed E-state index contributed by atoms with van der Waals surface area (Å²) >= 11 is 0. The van der Waals surface area contributed by atoms with E-state index in [1.165, 1.54) is 0 Å². The minimum absolute atomic E-state index is 0.123. The van der Waals surface area contributed by atoms with E-state index in [1.807, 2.05) is 12.1 Å². The van der Waals surface area contributed by atoms with Gasteiger partial charge in [0.05, 0.1) is 11.0 Å². The molecule has 2 N–H and O–H groups in total. The molecule has 0 unspecified atom stereocenters. The number of aromatic amines is 1. The van der Waals surface area contributed by atoms with Crippen LogP contribution in [0.4, 0.5) is 0 Å².